The maximum absolute atomic E-state index is 12.6. The third-order valence-corrected chi connectivity index (χ3v) is 7.82. The van der Waals surface area contributed by atoms with Gasteiger partial charge in [-0.25, -0.2) is 13.7 Å². The molecule has 0 aliphatic heterocycles. The Bertz CT molecular complexity index is 1680. The van der Waals surface area contributed by atoms with E-state index in [-0.39, 0.29) is 20.9 Å². The second-order valence-electron chi connectivity index (χ2n) is 8.55. The minimum absolute atomic E-state index is 0. The van der Waals surface area contributed by atoms with E-state index < -0.39 is 9.73 Å². The molecule has 0 bridgehead atoms. The van der Waals surface area contributed by atoms with Crippen LogP contribution in [0.25, 0.3) is 16.6 Å². The maximum atomic E-state index is 12.6. The number of carbonyl (C=O) groups excluding carboxylic acids is 1. The fraction of sp³-hybridized carbons (Fsp3) is 0.185. The Labute approximate surface area is 212 Å². The lowest BCUT2D eigenvalue weighted by molar-refractivity contribution is -0.115. The van der Waals surface area contributed by atoms with Crippen LogP contribution in [0.3, 0.4) is 0 Å². The number of amides is 1. The average molecular weight is 504 g/mol. The van der Waals surface area contributed by atoms with Crippen molar-refractivity contribution in [1.29, 1.82) is 4.78 Å². The van der Waals surface area contributed by atoms with E-state index in [9.17, 15) is 9.00 Å². The van der Waals surface area contributed by atoms with E-state index in [0.29, 0.717) is 33.0 Å². The third-order valence-electron chi connectivity index (χ3n) is 5.99. The summed E-state index contributed by atoms with van der Waals surface area (Å²) in [6, 6.07) is 12.5. The van der Waals surface area contributed by atoms with E-state index in [1.165, 1.54) is 0 Å². The number of pyridine rings is 1. The summed E-state index contributed by atoms with van der Waals surface area (Å²) in [7, 11) is -2.86. The van der Waals surface area contributed by atoms with Gasteiger partial charge in [-0.3, -0.25) is 9.78 Å². The lowest BCUT2D eigenvalue weighted by atomic mass is 10.1. The Morgan fingerprint density at radius 2 is 2.08 bits per heavy atom. The topological polar surface area (TPSA) is 110 Å². The fourth-order valence-electron chi connectivity index (χ4n) is 3.89. The van der Waals surface area contributed by atoms with Crippen LogP contribution in [-0.4, -0.2) is 30.6 Å². The third kappa shape index (κ3) is 4.79. The number of aryl methyl sites for hydroxylation is 1. The van der Waals surface area contributed by atoms with Crippen LogP contribution in [0.15, 0.2) is 77.8 Å². The lowest BCUT2D eigenvalue weighted by Gasteiger charge is -2.13. The van der Waals surface area contributed by atoms with E-state index in [1.807, 2.05) is 31.2 Å². The van der Waals surface area contributed by atoms with Crippen LogP contribution in [0.2, 0.25) is 0 Å². The molecular weight excluding hydrogens is 474 g/mol. The van der Waals surface area contributed by atoms with Crippen molar-refractivity contribution in [2.45, 2.75) is 31.6 Å². The number of hydrogen-bond acceptors (Lipinski definition) is 6. The predicted molar refractivity (Wildman–Crippen MR) is 144 cm³/mol. The Hall–Kier alpha value is -4.20. The Morgan fingerprint density at radius 3 is 2.81 bits per heavy atom. The van der Waals surface area contributed by atoms with Gasteiger partial charge in [0.2, 0.25) is 5.91 Å². The van der Waals surface area contributed by atoms with Crippen molar-refractivity contribution in [3.63, 3.8) is 0 Å². The van der Waals surface area contributed by atoms with E-state index >= 15 is 0 Å². The summed E-state index contributed by atoms with van der Waals surface area (Å²) < 4.78 is 28.6. The Kier molecular flexibility index (Phi) is 6.18. The molecule has 9 heteroatoms. The van der Waals surface area contributed by atoms with E-state index in [1.54, 1.807) is 54.5 Å². The number of allylic oxidation sites excluding steroid dienone is 1. The molecule has 2 aromatic carbocycles. The van der Waals surface area contributed by atoms with Crippen LogP contribution in [0.4, 0.5) is 5.69 Å². The SMILES string of the molecule is CCS(=N)(=O)c1ccc2nccc(Oc3ccc(CC(=O)Nc4cnn(C5=C=CC5)c4)cc3C)c2c1.[HH].[HH]. The molecule has 5 rings (SSSR count). The van der Waals surface area contributed by atoms with Crippen LogP contribution < -0.4 is 10.1 Å². The number of nitrogens with one attached hydrogen (secondary N) is 2. The van der Waals surface area contributed by atoms with Crippen LogP contribution in [0, 0.1) is 11.7 Å². The molecule has 0 saturated heterocycles. The average Bonchev–Trinajstić information content (AvgIpc) is 3.26. The van der Waals surface area contributed by atoms with Gasteiger partial charge in [0.15, 0.2) is 0 Å². The minimum Gasteiger partial charge on any atom is -0.456 e. The molecule has 0 spiro atoms. The molecule has 8 nitrogen and oxygen atoms in total. The number of nitrogens with zero attached hydrogens (tertiary/aromatic N) is 3. The van der Waals surface area contributed by atoms with Gasteiger partial charge < -0.3 is 10.1 Å². The number of anilines is 1. The van der Waals surface area contributed by atoms with Crippen molar-refractivity contribution in [2.24, 2.45) is 0 Å². The molecule has 2 heterocycles. The highest BCUT2D eigenvalue weighted by atomic mass is 32.2. The standard InChI is InChI=1S/C27H25N5O3S.2H2/c1-3-36(28,34)22-8-9-24-23(15-22)26(11-12-29-24)35-25-10-7-19(13-18(25)2)14-27(33)31-20-16-30-32(17-20)21-5-4-6-21;;/h4,7-13,15-17,28H,3,5,14H2,1-2H3,(H,31,33);2*1H. The molecular formula is C27H29N5O3S. The molecule has 1 aliphatic carbocycles. The van der Waals surface area contributed by atoms with Crippen LogP contribution in [-0.2, 0) is 20.9 Å². The first-order valence-corrected chi connectivity index (χ1v) is 13.3. The van der Waals surface area contributed by atoms with Crippen molar-refractivity contribution >= 4 is 37.9 Å². The molecule has 1 aliphatic rings. The molecule has 36 heavy (non-hydrogen) atoms. The number of benzene rings is 2. The zero-order valence-electron chi connectivity index (χ0n) is 19.9. The normalized spacial score (nSPS) is 14.1. The Morgan fingerprint density at radius 1 is 1.25 bits per heavy atom. The highest BCUT2D eigenvalue weighted by Gasteiger charge is 2.14. The summed E-state index contributed by atoms with van der Waals surface area (Å²) in [5.74, 6) is 1.31. The van der Waals surface area contributed by atoms with Gasteiger partial charge in [-0.15, -0.1) is 5.73 Å². The number of carbonyl (C=O) groups is 1. The first-order chi connectivity index (χ1) is 17.3. The van der Waals surface area contributed by atoms with Crippen molar-refractivity contribution in [3.8, 4) is 11.5 Å². The highest BCUT2D eigenvalue weighted by molar-refractivity contribution is 7.92. The van der Waals surface area contributed by atoms with Gasteiger partial charge in [0.05, 0.1) is 45.4 Å². The van der Waals surface area contributed by atoms with E-state index in [4.69, 9.17) is 9.52 Å². The summed E-state index contributed by atoms with van der Waals surface area (Å²) >= 11 is 0. The van der Waals surface area contributed by atoms with Crippen LogP contribution in [0.1, 0.15) is 27.3 Å². The van der Waals surface area contributed by atoms with Crippen molar-refractivity contribution in [2.75, 3.05) is 11.1 Å². The molecule has 2 aromatic heterocycles. The van der Waals surface area contributed by atoms with Gasteiger partial charge in [0.1, 0.15) is 11.5 Å². The maximum Gasteiger partial charge on any atom is 0.228 e. The van der Waals surface area contributed by atoms with E-state index in [2.05, 4.69) is 21.1 Å². The summed E-state index contributed by atoms with van der Waals surface area (Å²) in [5, 5.41) is 7.82. The number of hydrogen-bond donors (Lipinski definition) is 2. The summed E-state index contributed by atoms with van der Waals surface area (Å²) in [5.41, 5.74) is 7.09. The molecule has 2 N–H and O–H groups in total. The van der Waals surface area contributed by atoms with E-state index in [0.717, 1.165) is 23.2 Å². The number of fused-ring (bicyclic) bond motifs is 1. The number of ether oxygens (including phenoxy) is 1. The van der Waals surface area contributed by atoms with Crippen LogP contribution >= 0.6 is 0 Å². The quantitative estimate of drug-likeness (QED) is 0.285. The van der Waals surface area contributed by atoms with Gasteiger partial charge in [0, 0.05) is 31.5 Å². The molecule has 1 unspecified atom stereocenters. The van der Waals surface area contributed by atoms with Gasteiger partial charge in [-0.2, -0.15) is 5.10 Å². The van der Waals surface area contributed by atoms with Crippen LogP contribution in [0.5, 0.6) is 11.5 Å². The zero-order valence-corrected chi connectivity index (χ0v) is 20.8. The lowest BCUT2D eigenvalue weighted by Crippen LogP contribution is -2.14. The molecule has 186 valence electrons. The van der Waals surface area contributed by atoms with Crippen molar-refractivity contribution in [3.05, 3.63) is 84.0 Å². The zero-order chi connectivity index (χ0) is 25.3. The summed E-state index contributed by atoms with van der Waals surface area (Å²) in [6.07, 6.45) is 8.02. The molecule has 1 atom stereocenters. The molecule has 1 amide bonds. The molecule has 0 fully saturated rings. The van der Waals surface area contributed by atoms with Gasteiger partial charge in [-0.1, -0.05) is 19.1 Å². The predicted octanol–water partition coefficient (Wildman–Crippen LogP) is 6.03. The molecule has 0 radical (unpaired) electrons. The second kappa shape index (κ2) is 9.45. The van der Waals surface area contributed by atoms with Crippen molar-refractivity contribution < 1.29 is 16.6 Å². The first-order valence-electron chi connectivity index (χ1n) is 11.5. The fourth-order valence-corrected chi connectivity index (χ4v) is 4.82. The van der Waals surface area contributed by atoms with Crippen molar-refractivity contribution in [1.82, 2.24) is 14.8 Å². The number of aromatic nitrogens is 3. The van der Waals surface area contributed by atoms with Gasteiger partial charge >= 0.3 is 0 Å². The number of rotatable bonds is 8. The first kappa shape index (κ1) is 23.5. The Balaban J connectivity index is 0.00000200. The summed E-state index contributed by atoms with van der Waals surface area (Å²) in [4.78, 5) is 17.4. The monoisotopic (exact) mass is 503 g/mol. The van der Waals surface area contributed by atoms with Gasteiger partial charge in [0.25, 0.3) is 0 Å². The second-order valence-corrected chi connectivity index (χ2v) is 11.0. The molecule has 4 aromatic rings. The minimum atomic E-state index is -2.86. The smallest absolute Gasteiger partial charge is 0.228 e. The summed E-state index contributed by atoms with van der Waals surface area (Å²) in [6.45, 7) is 3.66. The largest absolute Gasteiger partial charge is 0.456 e. The molecule has 0 saturated carbocycles. The highest BCUT2D eigenvalue weighted by Crippen LogP contribution is 2.32. The van der Waals surface area contributed by atoms with Gasteiger partial charge in [-0.05, 0) is 54.5 Å².